The number of nitro groups is 1. The van der Waals surface area contributed by atoms with Crippen LogP contribution in [0, 0.1) is 24.0 Å². The van der Waals surface area contributed by atoms with Crippen LogP contribution in [-0.2, 0) is 0 Å². The molecule has 0 aliphatic carbocycles. The van der Waals surface area contributed by atoms with Gasteiger partial charge in [-0.15, -0.1) is 0 Å². The lowest BCUT2D eigenvalue weighted by Gasteiger charge is -2.26. The molecular formula is C19H21N3O3. The van der Waals surface area contributed by atoms with Crippen LogP contribution in [0.3, 0.4) is 0 Å². The first-order valence-corrected chi connectivity index (χ1v) is 8.35. The van der Waals surface area contributed by atoms with E-state index >= 15 is 0 Å². The smallest absolute Gasteiger partial charge is 0.317 e. The fraction of sp³-hybridized carbons (Fsp3) is 0.316. The summed E-state index contributed by atoms with van der Waals surface area (Å²) in [6.07, 6.45) is 1.82. The molecule has 6 nitrogen and oxygen atoms in total. The number of carbonyl (C=O) groups is 1. The third-order valence-corrected chi connectivity index (χ3v) is 4.65. The van der Waals surface area contributed by atoms with Gasteiger partial charge in [-0.3, -0.25) is 10.1 Å². The van der Waals surface area contributed by atoms with Gasteiger partial charge in [0.2, 0.25) is 0 Å². The number of benzene rings is 2. The predicted octanol–water partition coefficient (Wildman–Crippen LogP) is 4.58. The van der Waals surface area contributed by atoms with Crippen LogP contribution in [0.25, 0.3) is 0 Å². The van der Waals surface area contributed by atoms with E-state index in [4.69, 9.17) is 0 Å². The average molecular weight is 339 g/mol. The number of anilines is 1. The van der Waals surface area contributed by atoms with Gasteiger partial charge >= 0.3 is 6.03 Å². The lowest BCUT2D eigenvalue weighted by molar-refractivity contribution is -0.384. The molecule has 6 heteroatoms. The molecule has 1 atom stereocenters. The summed E-state index contributed by atoms with van der Waals surface area (Å²) in [6.45, 7) is 4.46. The Labute approximate surface area is 146 Å². The third kappa shape index (κ3) is 3.47. The zero-order valence-electron chi connectivity index (χ0n) is 14.4. The summed E-state index contributed by atoms with van der Waals surface area (Å²) < 4.78 is 0. The lowest BCUT2D eigenvalue weighted by Crippen LogP contribution is -2.34. The van der Waals surface area contributed by atoms with Gasteiger partial charge in [0.25, 0.3) is 5.69 Å². The van der Waals surface area contributed by atoms with Gasteiger partial charge in [-0.1, -0.05) is 30.3 Å². The number of aryl methyl sites for hydroxylation is 2. The average Bonchev–Trinajstić information content (AvgIpc) is 3.06. The Hall–Kier alpha value is -2.89. The van der Waals surface area contributed by atoms with E-state index in [0.717, 1.165) is 29.5 Å². The van der Waals surface area contributed by atoms with Crippen LogP contribution in [0.4, 0.5) is 16.2 Å². The van der Waals surface area contributed by atoms with E-state index < -0.39 is 4.92 Å². The summed E-state index contributed by atoms with van der Waals surface area (Å²) in [5, 5.41) is 14.0. The minimum Gasteiger partial charge on any atom is -0.317 e. The molecule has 25 heavy (non-hydrogen) atoms. The fourth-order valence-electron chi connectivity index (χ4n) is 3.38. The molecule has 0 aromatic heterocycles. The monoisotopic (exact) mass is 339 g/mol. The summed E-state index contributed by atoms with van der Waals surface area (Å²) in [5.74, 6) is 0. The molecule has 1 N–H and O–H groups in total. The Morgan fingerprint density at radius 1 is 1.24 bits per heavy atom. The van der Waals surface area contributed by atoms with Gasteiger partial charge < -0.3 is 10.2 Å². The highest BCUT2D eigenvalue weighted by Crippen LogP contribution is 2.34. The highest BCUT2D eigenvalue weighted by molar-refractivity contribution is 5.92. The second-order valence-electron chi connectivity index (χ2n) is 6.42. The van der Waals surface area contributed by atoms with Gasteiger partial charge in [0.05, 0.1) is 11.0 Å². The van der Waals surface area contributed by atoms with E-state index in [9.17, 15) is 14.9 Å². The summed E-state index contributed by atoms with van der Waals surface area (Å²) in [5.41, 5.74) is 3.21. The molecule has 0 bridgehead atoms. The first-order chi connectivity index (χ1) is 12.0. The van der Waals surface area contributed by atoms with E-state index in [1.54, 1.807) is 24.0 Å². The Bertz CT molecular complexity index is 819. The lowest BCUT2D eigenvalue weighted by atomic mass is 9.99. The maximum atomic E-state index is 12.8. The number of carbonyl (C=O) groups excluding carboxylic acids is 1. The van der Waals surface area contributed by atoms with Crippen molar-refractivity contribution < 1.29 is 9.72 Å². The molecule has 2 aromatic carbocycles. The number of nitrogens with zero attached hydrogens (tertiary/aromatic N) is 2. The summed E-state index contributed by atoms with van der Waals surface area (Å²) >= 11 is 0. The molecule has 1 saturated heterocycles. The molecule has 130 valence electrons. The van der Waals surface area contributed by atoms with Gasteiger partial charge in [0.1, 0.15) is 5.69 Å². The van der Waals surface area contributed by atoms with E-state index in [-0.39, 0.29) is 23.4 Å². The summed E-state index contributed by atoms with van der Waals surface area (Å²) in [4.78, 5) is 25.3. The topological polar surface area (TPSA) is 75.5 Å². The van der Waals surface area contributed by atoms with Crippen molar-refractivity contribution in [2.75, 3.05) is 11.9 Å². The number of amides is 2. The second-order valence-corrected chi connectivity index (χ2v) is 6.42. The van der Waals surface area contributed by atoms with Crippen molar-refractivity contribution in [3.8, 4) is 0 Å². The van der Waals surface area contributed by atoms with Gasteiger partial charge in [0, 0.05) is 12.6 Å². The molecule has 2 aromatic rings. The van der Waals surface area contributed by atoms with Crippen molar-refractivity contribution in [2.24, 2.45) is 0 Å². The zero-order valence-corrected chi connectivity index (χ0v) is 14.4. The van der Waals surface area contributed by atoms with Crippen LogP contribution >= 0.6 is 0 Å². The second kappa shape index (κ2) is 6.93. The van der Waals surface area contributed by atoms with Gasteiger partial charge in [-0.2, -0.15) is 0 Å². The standard InChI is InChI=1S/C19H21N3O3/c1-13-9-10-16(18(12-13)22(24)25)20-19(23)21-11-5-8-17(21)15-7-4-3-6-14(15)2/h3-4,6-7,9-10,12,17H,5,8,11H2,1-2H3,(H,20,23)/t17-/m0/s1. The molecule has 0 unspecified atom stereocenters. The quantitative estimate of drug-likeness (QED) is 0.657. The van der Waals surface area contributed by atoms with Crippen molar-refractivity contribution in [3.63, 3.8) is 0 Å². The molecular weight excluding hydrogens is 318 g/mol. The zero-order chi connectivity index (χ0) is 18.0. The van der Waals surface area contributed by atoms with E-state index in [1.807, 2.05) is 31.2 Å². The largest absolute Gasteiger partial charge is 0.322 e. The Kier molecular flexibility index (Phi) is 4.70. The molecule has 1 heterocycles. The number of urea groups is 1. The van der Waals surface area contributed by atoms with Gasteiger partial charge in [0.15, 0.2) is 0 Å². The third-order valence-electron chi connectivity index (χ3n) is 4.65. The molecule has 0 saturated carbocycles. The van der Waals surface area contributed by atoms with E-state index in [1.165, 1.54) is 6.07 Å². The van der Waals surface area contributed by atoms with Crippen molar-refractivity contribution in [1.29, 1.82) is 0 Å². The summed E-state index contributed by atoms with van der Waals surface area (Å²) in [6, 6.07) is 12.6. The highest BCUT2D eigenvalue weighted by atomic mass is 16.6. The van der Waals surface area contributed by atoms with Crippen molar-refractivity contribution in [2.45, 2.75) is 32.7 Å². The Morgan fingerprint density at radius 2 is 2.00 bits per heavy atom. The molecule has 1 fully saturated rings. The minimum atomic E-state index is -0.467. The van der Waals surface area contributed by atoms with Crippen LogP contribution in [0.5, 0.6) is 0 Å². The maximum Gasteiger partial charge on any atom is 0.322 e. The fourth-order valence-corrected chi connectivity index (χ4v) is 3.38. The highest BCUT2D eigenvalue weighted by Gasteiger charge is 2.31. The SMILES string of the molecule is Cc1ccc(NC(=O)N2CCC[C@H]2c2ccccc2C)c([N+](=O)[O-])c1. The van der Waals surface area contributed by atoms with E-state index in [2.05, 4.69) is 5.32 Å². The first kappa shape index (κ1) is 17.0. The van der Waals surface area contributed by atoms with Crippen LogP contribution in [-0.4, -0.2) is 22.4 Å². The van der Waals surface area contributed by atoms with Crippen LogP contribution in [0.1, 0.15) is 35.6 Å². The van der Waals surface area contributed by atoms with E-state index in [0.29, 0.717) is 6.54 Å². The van der Waals surface area contributed by atoms with Crippen LogP contribution in [0.15, 0.2) is 42.5 Å². The molecule has 1 aliphatic rings. The minimum absolute atomic E-state index is 0.00528. The molecule has 0 spiro atoms. The van der Waals surface area contributed by atoms with Crippen molar-refractivity contribution in [3.05, 3.63) is 69.3 Å². The first-order valence-electron chi connectivity index (χ1n) is 8.35. The summed E-state index contributed by atoms with van der Waals surface area (Å²) in [7, 11) is 0. The number of rotatable bonds is 3. The molecule has 3 rings (SSSR count). The molecule has 1 aliphatic heterocycles. The number of nitrogens with one attached hydrogen (secondary N) is 1. The maximum absolute atomic E-state index is 12.8. The number of nitro benzene ring substituents is 1. The van der Waals surface area contributed by atoms with Gasteiger partial charge in [-0.25, -0.2) is 4.79 Å². The molecule has 0 radical (unpaired) electrons. The normalized spacial score (nSPS) is 16.7. The molecule has 2 amide bonds. The van der Waals surface area contributed by atoms with Crippen molar-refractivity contribution >= 4 is 17.4 Å². The van der Waals surface area contributed by atoms with Crippen molar-refractivity contribution in [1.82, 2.24) is 4.90 Å². The van der Waals surface area contributed by atoms with Crippen LogP contribution < -0.4 is 5.32 Å². The van der Waals surface area contributed by atoms with Crippen LogP contribution in [0.2, 0.25) is 0 Å². The Balaban J connectivity index is 1.84. The Morgan fingerprint density at radius 3 is 2.72 bits per heavy atom. The van der Waals surface area contributed by atoms with Gasteiger partial charge in [-0.05, 0) is 49.4 Å². The predicted molar refractivity (Wildman–Crippen MR) is 96.7 cm³/mol. The number of hydrogen-bond acceptors (Lipinski definition) is 3. The number of likely N-dealkylation sites (tertiary alicyclic amines) is 1. The number of hydrogen-bond donors (Lipinski definition) is 1.